The summed E-state index contributed by atoms with van der Waals surface area (Å²) in [7, 11) is 1.65. The number of ether oxygens (including phenoxy) is 2. The molecule has 0 aliphatic heterocycles. The largest absolute Gasteiger partial charge is 0.497 e. The van der Waals surface area contributed by atoms with Gasteiger partial charge in [-0.25, -0.2) is 0 Å². The lowest BCUT2D eigenvalue weighted by molar-refractivity contribution is 0.313. The van der Waals surface area contributed by atoms with E-state index in [4.69, 9.17) is 15.2 Å². The molecule has 0 spiro atoms. The van der Waals surface area contributed by atoms with Gasteiger partial charge in [0.25, 0.3) is 0 Å². The Kier molecular flexibility index (Phi) is 5.77. The quantitative estimate of drug-likeness (QED) is 0.461. The normalized spacial score (nSPS) is 13.4. The van der Waals surface area contributed by atoms with Crippen LogP contribution in [0.3, 0.4) is 0 Å². The van der Waals surface area contributed by atoms with E-state index in [0.29, 0.717) is 19.1 Å². The van der Waals surface area contributed by atoms with E-state index in [1.165, 1.54) is 24.0 Å². The summed E-state index contributed by atoms with van der Waals surface area (Å²) in [6.45, 7) is 1.22. The first-order chi connectivity index (χ1) is 12.2. The van der Waals surface area contributed by atoms with Gasteiger partial charge in [-0.15, -0.1) is 0 Å². The summed E-state index contributed by atoms with van der Waals surface area (Å²) in [4.78, 5) is 4.35. The van der Waals surface area contributed by atoms with Gasteiger partial charge in [0.1, 0.15) is 11.5 Å². The molecule has 0 unspecified atom stereocenters. The van der Waals surface area contributed by atoms with Gasteiger partial charge in [-0.1, -0.05) is 6.07 Å². The molecule has 0 heterocycles. The maximum atomic E-state index is 5.96. The summed E-state index contributed by atoms with van der Waals surface area (Å²) >= 11 is 0. The molecular formula is C20H25N3O2. The van der Waals surface area contributed by atoms with Crippen LogP contribution in [-0.4, -0.2) is 26.2 Å². The summed E-state index contributed by atoms with van der Waals surface area (Å²) in [5, 5.41) is 3.17. The molecule has 2 aromatic carbocycles. The zero-order valence-corrected chi connectivity index (χ0v) is 14.6. The van der Waals surface area contributed by atoms with Gasteiger partial charge in [0, 0.05) is 18.7 Å². The Morgan fingerprint density at radius 2 is 1.84 bits per heavy atom. The van der Waals surface area contributed by atoms with Crippen molar-refractivity contribution >= 4 is 11.6 Å². The molecule has 0 atom stereocenters. The Hall–Kier alpha value is -2.69. The van der Waals surface area contributed by atoms with Crippen LogP contribution < -0.4 is 20.5 Å². The first kappa shape index (κ1) is 17.1. The fourth-order valence-corrected chi connectivity index (χ4v) is 2.96. The first-order valence-electron chi connectivity index (χ1n) is 8.70. The maximum absolute atomic E-state index is 5.96. The second-order valence-electron chi connectivity index (χ2n) is 6.11. The smallest absolute Gasteiger partial charge is 0.193 e. The van der Waals surface area contributed by atoms with Gasteiger partial charge in [-0.2, -0.15) is 0 Å². The average Bonchev–Trinajstić information content (AvgIpc) is 3.09. The molecule has 0 saturated carbocycles. The van der Waals surface area contributed by atoms with Crippen molar-refractivity contribution in [3.63, 3.8) is 0 Å². The van der Waals surface area contributed by atoms with Gasteiger partial charge < -0.3 is 20.5 Å². The Labute approximate surface area is 148 Å². The van der Waals surface area contributed by atoms with Gasteiger partial charge in [-0.05, 0) is 66.8 Å². The van der Waals surface area contributed by atoms with Crippen molar-refractivity contribution in [2.75, 3.05) is 25.6 Å². The molecule has 0 radical (unpaired) electrons. The monoisotopic (exact) mass is 339 g/mol. The predicted molar refractivity (Wildman–Crippen MR) is 102 cm³/mol. The number of nitrogens with one attached hydrogen (secondary N) is 1. The molecule has 1 aliphatic carbocycles. The average molecular weight is 339 g/mol. The molecule has 25 heavy (non-hydrogen) atoms. The second kappa shape index (κ2) is 8.42. The van der Waals surface area contributed by atoms with Crippen LogP contribution in [0.4, 0.5) is 5.69 Å². The Balaban J connectivity index is 1.39. The van der Waals surface area contributed by atoms with E-state index in [-0.39, 0.29) is 0 Å². The van der Waals surface area contributed by atoms with Crippen molar-refractivity contribution in [3.05, 3.63) is 53.6 Å². The Morgan fingerprint density at radius 3 is 2.64 bits per heavy atom. The number of aryl methyl sites for hydroxylation is 2. The molecule has 0 fully saturated rings. The number of hydrogen-bond acceptors (Lipinski definition) is 3. The van der Waals surface area contributed by atoms with Gasteiger partial charge in [0.15, 0.2) is 5.96 Å². The Morgan fingerprint density at radius 1 is 1.08 bits per heavy atom. The molecule has 3 rings (SSSR count). The third kappa shape index (κ3) is 4.89. The van der Waals surface area contributed by atoms with Crippen LogP contribution in [0.15, 0.2) is 47.5 Å². The minimum absolute atomic E-state index is 0.447. The van der Waals surface area contributed by atoms with E-state index < -0.39 is 0 Å². The molecule has 5 heteroatoms. The van der Waals surface area contributed by atoms with Gasteiger partial charge in [0.2, 0.25) is 0 Å². The van der Waals surface area contributed by atoms with E-state index in [0.717, 1.165) is 30.0 Å². The van der Waals surface area contributed by atoms with Gasteiger partial charge in [-0.3, -0.25) is 4.99 Å². The third-order valence-corrected chi connectivity index (χ3v) is 4.28. The number of hydrogen-bond donors (Lipinski definition) is 2. The topological polar surface area (TPSA) is 68.9 Å². The fraction of sp³-hybridized carbons (Fsp3) is 0.350. The second-order valence-corrected chi connectivity index (χ2v) is 6.11. The molecule has 0 aromatic heterocycles. The molecule has 132 valence electrons. The van der Waals surface area contributed by atoms with E-state index in [1.54, 1.807) is 7.11 Å². The van der Waals surface area contributed by atoms with Crippen LogP contribution >= 0.6 is 0 Å². The SMILES string of the molecule is COc1ccc(OCCCN=C(N)Nc2ccc3c(c2)CCC3)cc1. The molecule has 0 amide bonds. The lowest BCUT2D eigenvalue weighted by atomic mass is 10.1. The number of anilines is 1. The lowest BCUT2D eigenvalue weighted by Crippen LogP contribution is -2.23. The van der Waals surface area contributed by atoms with Crippen LogP contribution in [0.1, 0.15) is 24.0 Å². The number of fused-ring (bicyclic) bond motifs is 1. The molecule has 5 nitrogen and oxygen atoms in total. The summed E-state index contributed by atoms with van der Waals surface area (Å²) < 4.78 is 10.8. The number of guanidine groups is 1. The number of methoxy groups -OCH3 is 1. The van der Waals surface area contributed by atoms with Crippen LogP contribution in [0.2, 0.25) is 0 Å². The van der Waals surface area contributed by atoms with Crippen molar-refractivity contribution in [3.8, 4) is 11.5 Å². The minimum Gasteiger partial charge on any atom is -0.497 e. The molecular weight excluding hydrogens is 314 g/mol. The molecule has 1 aliphatic rings. The molecule has 3 N–H and O–H groups in total. The predicted octanol–water partition coefficient (Wildman–Crippen LogP) is 3.38. The van der Waals surface area contributed by atoms with Crippen molar-refractivity contribution in [2.45, 2.75) is 25.7 Å². The number of rotatable bonds is 7. The van der Waals surface area contributed by atoms with Gasteiger partial charge in [0.05, 0.1) is 13.7 Å². The zero-order valence-electron chi connectivity index (χ0n) is 14.6. The van der Waals surface area contributed by atoms with Crippen LogP contribution in [0.25, 0.3) is 0 Å². The number of nitrogens with two attached hydrogens (primary N) is 1. The number of aliphatic imine (C=N–C) groups is 1. The van der Waals surface area contributed by atoms with Gasteiger partial charge >= 0.3 is 0 Å². The van der Waals surface area contributed by atoms with E-state index in [1.807, 2.05) is 24.3 Å². The summed E-state index contributed by atoms with van der Waals surface area (Å²) in [6, 6.07) is 14.0. The van der Waals surface area contributed by atoms with E-state index in [2.05, 4.69) is 28.5 Å². The third-order valence-electron chi connectivity index (χ3n) is 4.28. The summed E-state index contributed by atoms with van der Waals surface area (Å²) in [5.41, 5.74) is 9.85. The summed E-state index contributed by atoms with van der Waals surface area (Å²) in [5.74, 6) is 2.10. The highest BCUT2D eigenvalue weighted by Crippen LogP contribution is 2.24. The summed E-state index contributed by atoms with van der Waals surface area (Å²) in [6.07, 6.45) is 4.40. The number of benzene rings is 2. The van der Waals surface area contributed by atoms with Crippen LogP contribution in [0.5, 0.6) is 11.5 Å². The molecule has 0 saturated heterocycles. The van der Waals surface area contributed by atoms with Crippen molar-refractivity contribution in [2.24, 2.45) is 10.7 Å². The number of nitrogens with zero attached hydrogens (tertiary/aromatic N) is 1. The molecule has 2 aromatic rings. The van der Waals surface area contributed by atoms with Crippen molar-refractivity contribution < 1.29 is 9.47 Å². The Bertz CT molecular complexity index is 726. The first-order valence-corrected chi connectivity index (χ1v) is 8.70. The van der Waals surface area contributed by atoms with Crippen molar-refractivity contribution in [1.82, 2.24) is 0 Å². The maximum Gasteiger partial charge on any atom is 0.193 e. The highest BCUT2D eigenvalue weighted by atomic mass is 16.5. The van der Waals surface area contributed by atoms with Crippen molar-refractivity contribution in [1.29, 1.82) is 0 Å². The fourth-order valence-electron chi connectivity index (χ4n) is 2.96. The van der Waals surface area contributed by atoms with E-state index >= 15 is 0 Å². The molecule has 0 bridgehead atoms. The van der Waals surface area contributed by atoms with E-state index in [9.17, 15) is 0 Å². The zero-order chi connectivity index (χ0) is 17.5. The highest BCUT2D eigenvalue weighted by molar-refractivity contribution is 5.92. The standard InChI is InChI=1S/C20H25N3O2/c1-24-18-8-10-19(11-9-18)25-13-3-12-22-20(21)23-17-7-6-15-4-2-5-16(15)14-17/h6-11,14H,2-5,12-13H2,1H3,(H3,21,22,23). The highest BCUT2D eigenvalue weighted by Gasteiger charge is 2.10. The lowest BCUT2D eigenvalue weighted by Gasteiger charge is -2.08. The minimum atomic E-state index is 0.447. The van der Waals surface area contributed by atoms with Crippen LogP contribution in [-0.2, 0) is 12.8 Å². The van der Waals surface area contributed by atoms with Crippen LogP contribution in [0, 0.1) is 0 Å².